The maximum absolute atomic E-state index is 11.9. The minimum Gasteiger partial charge on any atom is -0.293 e. The molecule has 2 nitrogen and oxygen atoms in total. The minimum atomic E-state index is 0.0158. The van der Waals surface area contributed by atoms with Crippen molar-refractivity contribution in [3.8, 4) is 0 Å². The second-order valence-electron chi connectivity index (χ2n) is 3.07. The number of amides is 1. The van der Waals surface area contributed by atoms with Gasteiger partial charge in [-0.25, -0.2) is 0 Å². The maximum Gasteiger partial charge on any atom is 0.266 e. The molecule has 0 radical (unpaired) electrons. The van der Waals surface area contributed by atoms with Crippen LogP contribution in [0.25, 0.3) is 6.08 Å². The molecule has 1 aromatic heterocycles. The van der Waals surface area contributed by atoms with E-state index in [1.807, 2.05) is 25.1 Å². The molecular weight excluding hydrogens is 326 g/mol. The topological polar surface area (TPSA) is 20.3 Å². The van der Waals surface area contributed by atoms with Crippen LogP contribution >= 0.6 is 51.2 Å². The Bertz CT molecular complexity index is 480. The average Bonchev–Trinajstić information content (AvgIpc) is 2.74. The molecule has 0 atom stereocenters. The van der Waals surface area contributed by atoms with E-state index in [1.165, 1.54) is 11.8 Å². The molecule has 1 aliphatic rings. The number of nitrogens with zero attached hydrogens (tertiary/aromatic N) is 1. The third kappa shape index (κ3) is 2.40. The van der Waals surface area contributed by atoms with Gasteiger partial charge in [-0.05, 0) is 41.1 Å². The van der Waals surface area contributed by atoms with Crippen molar-refractivity contribution in [2.45, 2.75) is 6.92 Å². The van der Waals surface area contributed by atoms with Gasteiger partial charge in [-0.1, -0.05) is 24.0 Å². The van der Waals surface area contributed by atoms with Crippen LogP contribution < -0.4 is 0 Å². The Balaban J connectivity index is 2.27. The quantitative estimate of drug-likeness (QED) is 0.607. The predicted molar refractivity (Wildman–Crippen MR) is 77.6 cm³/mol. The van der Waals surface area contributed by atoms with Crippen LogP contribution in [-0.2, 0) is 4.79 Å². The molecule has 0 aliphatic carbocycles. The summed E-state index contributed by atoms with van der Waals surface area (Å²) in [7, 11) is 0. The van der Waals surface area contributed by atoms with Gasteiger partial charge in [0.2, 0.25) is 0 Å². The highest BCUT2D eigenvalue weighted by Crippen LogP contribution is 2.34. The van der Waals surface area contributed by atoms with Gasteiger partial charge >= 0.3 is 0 Å². The lowest BCUT2D eigenvalue weighted by Gasteiger charge is -2.09. The van der Waals surface area contributed by atoms with Gasteiger partial charge in [-0.3, -0.25) is 9.69 Å². The minimum absolute atomic E-state index is 0.0158. The Morgan fingerprint density at radius 3 is 2.81 bits per heavy atom. The van der Waals surface area contributed by atoms with Gasteiger partial charge in [-0.15, -0.1) is 11.3 Å². The highest BCUT2D eigenvalue weighted by molar-refractivity contribution is 9.11. The van der Waals surface area contributed by atoms with Crippen LogP contribution in [0.15, 0.2) is 20.8 Å². The molecule has 0 saturated carbocycles. The van der Waals surface area contributed by atoms with Gasteiger partial charge in [0.15, 0.2) is 0 Å². The highest BCUT2D eigenvalue weighted by atomic mass is 79.9. The van der Waals surface area contributed by atoms with E-state index < -0.39 is 0 Å². The zero-order chi connectivity index (χ0) is 11.7. The van der Waals surface area contributed by atoms with E-state index in [1.54, 1.807) is 16.2 Å². The number of thioether (sulfide) groups is 1. The third-order valence-corrected chi connectivity index (χ3v) is 5.01. The molecule has 6 heteroatoms. The van der Waals surface area contributed by atoms with E-state index >= 15 is 0 Å². The maximum atomic E-state index is 11.9. The number of carbonyl (C=O) groups excluding carboxylic acids is 1. The van der Waals surface area contributed by atoms with Gasteiger partial charge in [0.1, 0.15) is 4.32 Å². The van der Waals surface area contributed by atoms with E-state index in [-0.39, 0.29) is 5.91 Å². The fourth-order valence-electron chi connectivity index (χ4n) is 1.31. The monoisotopic (exact) mass is 333 g/mol. The molecule has 0 spiro atoms. The first kappa shape index (κ1) is 12.3. The summed E-state index contributed by atoms with van der Waals surface area (Å²) in [5.41, 5.74) is 0. The number of carbonyl (C=O) groups is 1. The van der Waals surface area contributed by atoms with Crippen LogP contribution in [0.5, 0.6) is 0 Å². The van der Waals surface area contributed by atoms with Gasteiger partial charge < -0.3 is 0 Å². The third-order valence-electron chi connectivity index (χ3n) is 2.06. The summed E-state index contributed by atoms with van der Waals surface area (Å²) < 4.78 is 1.71. The van der Waals surface area contributed by atoms with E-state index in [0.29, 0.717) is 15.8 Å². The van der Waals surface area contributed by atoms with Gasteiger partial charge in [0.05, 0.1) is 8.69 Å². The summed E-state index contributed by atoms with van der Waals surface area (Å²) in [5.74, 6) is 0.0158. The zero-order valence-corrected chi connectivity index (χ0v) is 12.4. The molecule has 1 aliphatic heterocycles. The zero-order valence-electron chi connectivity index (χ0n) is 8.40. The van der Waals surface area contributed by atoms with Crippen molar-refractivity contribution in [2.24, 2.45) is 0 Å². The Morgan fingerprint density at radius 1 is 1.56 bits per heavy atom. The molecule has 1 aromatic rings. The van der Waals surface area contributed by atoms with Crippen molar-refractivity contribution in [1.29, 1.82) is 0 Å². The molecule has 1 fully saturated rings. The SMILES string of the molecule is CCN1C(=O)/C(=C\c2ccc(Br)s2)SC1=S. The van der Waals surface area contributed by atoms with Crippen molar-refractivity contribution >= 4 is 67.6 Å². The van der Waals surface area contributed by atoms with Crippen molar-refractivity contribution in [3.63, 3.8) is 0 Å². The fourth-order valence-corrected chi connectivity index (χ4v) is 4.12. The fraction of sp³-hybridized carbons (Fsp3) is 0.200. The van der Waals surface area contributed by atoms with Gasteiger partial charge in [-0.2, -0.15) is 0 Å². The van der Waals surface area contributed by atoms with Gasteiger partial charge in [0, 0.05) is 11.4 Å². The van der Waals surface area contributed by atoms with E-state index in [4.69, 9.17) is 12.2 Å². The lowest BCUT2D eigenvalue weighted by Crippen LogP contribution is -2.27. The van der Waals surface area contributed by atoms with E-state index in [0.717, 1.165) is 8.66 Å². The summed E-state index contributed by atoms with van der Waals surface area (Å²) in [6, 6.07) is 3.95. The molecule has 0 aromatic carbocycles. The number of hydrogen-bond acceptors (Lipinski definition) is 4. The van der Waals surface area contributed by atoms with Crippen LogP contribution in [0.2, 0.25) is 0 Å². The second kappa shape index (κ2) is 5.00. The number of halogens is 1. The van der Waals surface area contributed by atoms with Crippen molar-refractivity contribution in [2.75, 3.05) is 6.54 Å². The smallest absolute Gasteiger partial charge is 0.266 e. The molecule has 84 valence electrons. The Morgan fingerprint density at radius 2 is 2.31 bits per heavy atom. The number of hydrogen-bond donors (Lipinski definition) is 0. The lowest BCUT2D eigenvalue weighted by atomic mass is 10.4. The van der Waals surface area contributed by atoms with Crippen LogP contribution in [0.3, 0.4) is 0 Å². The first-order valence-corrected chi connectivity index (χ1v) is 7.46. The molecule has 1 amide bonds. The summed E-state index contributed by atoms with van der Waals surface area (Å²) in [6.45, 7) is 2.56. The lowest BCUT2D eigenvalue weighted by molar-refractivity contribution is -0.121. The van der Waals surface area contributed by atoms with E-state index in [9.17, 15) is 4.79 Å². The second-order valence-corrected chi connectivity index (χ2v) is 7.24. The Kier molecular flexibility index (Phi) is 3.84. The summed E-state index contributed by atoms with van der Waals surface area (Å²) >= 11 is 11.5. The molecule has 1 saturated heterocycles. The number of likely N-dealkylation sites (N-methyl/N-ethyl adjacent to an activating group) is 1. The molecule has 0 unspecified atom stereocenters. The molecule has 0 bridgehead atoms. The first-order chi connectivity index (χ1) is 7.61. The summed E-state index contributed by atoms with van der Waals surface area (Å²) in [4.78, 5) is 15.3. The molecule has 0 N–H and O–H groups in total. The van der Waals surface area contributed by atoms with Crippen molar-refractivity contribution in [3.05, 3.63) is 25.7 Å². The molecule has 16 heavy (non-hydrogen) atoms. The number of thiophene rings is 1. The van der Waals surface area contributed by atoms with Crippen LogP contribution in [0.1, 0.15) is 11.8 Å². The predicted octanol–water partition coefficient (Wildman–Crippen LogP) is 3.73. The Labute approximate surface area is 116 Å². The molecule has 2 heterocycles. The number of rotatable bonds is 2. The normalized spacial score (nSPS) is 18.9. The average molecular weight is 334 g/mol. The number of thiocarbonyl (C=S) groups is 1. The Hall–Kier alpha value is -0.170. The van der Waals surface area contributed by atoms with Crippen molar-refractivity contribution in [1.82, 2.24) is 4.90 Å². The standard InChI is InChI=1S/C10H8BrNOS3/c1-2-12-9(13)7(16-10(12)14)5-6-3-4-8(11)15-6/h3-5H,2H2,1H3/b7-5+. The van der Waals surface area contributed by atoms with Crippen LogP contribution in [-0.4, -0.2) is 21.7 Å². The summed E-state index contributed by atoms with van der Waals surface area (Å²) in [6.07, 6.45) is 1.89. The molecule has 2 rings (SSSR count). The van der Waals surface area contributed by atoms with Gasteiger partial charge in [0.25, 0.3) is 5.91 Å². The largest absolute Gasteiger partial charge is 0.293 e. The van der Waals surface area contributed by atoms with Crippen molar-refractivity contribution < 1.29 is 4.79 Å². The first-order valence-electron chi connectivity index (χ1n) is 4.62. The highest BCUT2D eigenvalue weighted by Gasteiger charge is 2.30. The van der Waals surface area contributed by atoms with E-state index in [2.05, 4.69) is 15.9 Å². The summed E-state index contributed by atoms with van der Waals surface area (Å²) in [5, 5.41) is 0. The van der Waals surface area contributed by atoms with Crippen LogP contribution in [0, 0.1) is 0 Å². The van der Waals surface area contributed by atoms with Crippen LogP contribution in [0.4, 0.5) is 0 Å². The molecular formula is C10H8BrNOS3.